The molecule has 4 nitrogen and oxygen atoms in total. The van der Waals surface area contributed by atoms with E-state index in [4.69, 9.17) is 4.74 Å². The Hall–Kier alpha value is -2.54. The van der Waals surface area contributed by atoms with Gasteiger partial charge in [0.2, 0.25) is 5.91 Å². The van der Waals surface area contributed by atoms with Gasteiger partial charge in [0.05, 0.1) is 0 Å². The van der Waals surface area contributed by atoms with E-state index in [9.17, 15) is 18.0 Å². The second-order valence-corrected chi connectivity index (χ2v) is 5.30. The molecule has 0 spiro atoms. The second-order valence-electron chi connectivity index (χ2n) is 5.30. The van der Waals surface area contributed by atoms with Gasteiger partial charge in [0.15, 0.2) is 0 Å². The average molecular weight is 353 g/mol. The molecule has 2 aromatic carbocycles. The maximum atomic E-state index is 11.9. The topological polar surface area (TPSA) is 47.6 Å². The highest BCUT2D eigenvalue weighted by Crippen LogP contribution is 2.14. The summed E-state index contributed by atoms with van der Waals surface area (Å²) in [5, 5.41) is 2.50. The molecule has 0 unspecified atom stereocenters. The molecule has 0 fully saturated rings. The molecule has 7 heteroatoms. The fourth-order valence-corrected chi connectivity index (χ4v) is 1.95. The average Bonchev–Trinajstić information content (AvgIpc) is 2.59. The van der Waals surface area contributed by atoms with Crippen LogP contribution in [0.15, 0.2) is 54.6 Å². The van der Waals surface area contributed by atoms with Gasteiger partial charge in [-0.25, -0.2) is 0 Å². The first-order valence-corrected chi connectivity index (χ1v) is 7.59. The molecule has 0 bridgehead atoms. The first kappa shape index (κ1) is 18.8. The Labute approximate surface area is 143 Å². The molecular weight excluding hydrogens is 335 g/mol. The largest absolute Gasteiger partial charge is 0.489 e. The molecule has 0 saturated carbocycles. The summed E-state index contributed by atoms with van der Waals surface area (Å²) in [6, 6.07) is 16.8. The number of hydrogen-bond acceptors (Lipinski definition) is 3. The zero-order valence-electron chi connectivity index (χ0n) is 13.4. The SMILES string of the molecule is O=C(COCC(F)(F)F)NCc1ccc(COc2ccccc2)cc1. The summed E-state index contributed by atoms with van der Waals surface area (Å²) in [6.45, 7) is -1.42. The number of ether oxygens (including phenoxy) is 2. The zero-order chi connectivity index (χ0) is 18.1. The maximum absolute atomic E-state index is 11.9. The molecule has 1 N–H and O–H groups in total. The maximum Gasteiger partial charge on any atom is 0.411 e. The van der Waals surface area contributed by atoms with Gasteiger partial charge in [-0.1, -0.05) is 42.5 Å². The van der Waals surface area contributed by atoms with Gasteiger partial charge < -0.3 is 14.8 Å². The number of hydrogen-bond donors (Lipinski definition) is 1. The molecule has 0 radical (unpaired) electrons. The summed E-state index contributed by atoms with van der Waals surface area (Å²) in [4.78, 5) is 11.4. The lowest BCUT2D eigenvalue weighted by molar-refractivity contribution is -0.175. The quantitative estimate of drug-likeness (QED) is 0.791. The van der Waals surface area contributed by atoms with Crippen molar-refractivity contribution in [2.45, 2.75) is 19.3 Å². The monoisotopic (exact) mass is 353 g/mol. The zero-order valence-corrected chi connectivity index (χ0v) is 13.4. The first-order chi connectivity index (χ1) is 11.9. The number of para-hydroxylation sites is 1. The van der Waals surface area contributed by atoms with Gasteiger partial charge in [-0.2, -0.15) is 13.2 Å². The predicted octanol–water partition coefficient (Wildman–Crippen LogP) is 3.46. The molecular formula is C18H18F3NO3. The van der Waals surface area contributed by atoms with Gasteiger partial charge in [-0.15, -0.1) is 0 Å². The number of carbonyl (C=O) groups is 1. The van der Waals surface area contributed by atoms with Crippen LogP contribution < -0.4 is 10.1 Å². The third-order valence-corrected chi connectivity index (χ3v) is 3.16. The van der Waals surface area contributed by atoms with E-state index in [0.717, 1.165) is 16.9 Å². The van der Waals surface area contributed by atoms with Crippen LogP contribution in [0.3, 0.4) is 0 Å². The van der Waals surface area contributed by atoms with Crippen LogP contribution in [-0.4, -0.2) is 25.3 Å². The van der Waals surface area contributed by atoms with E-state index in [1.54, 1.807) is 0 Å². The lowest BCUT2D eigenvalue weighted by Gasteiger charge is -2.09. The Morgan fingerprint density at radius 1 is 0.960 bits per heavy atom. The fourth-order valence-electron chi connectivity index (χ4n) is 1.95. The van der Waals surface area contributed by atoms with Crippen LogP contribution >= 0.6 is 0 Å². The Morgan fingerprint density at radius 3 is 2.24 bits per heavy atom. The van der Waals surface area contributed by atoms with Crippen molar-refractivity contribution >= 4 is 5.91 Å². The minimum Gasteiger partial charge on any atom is -0.489 e. The standard InChI is InChI=1S/C18H18F3NO3/c19-18(20,21)13-24-12-17(23)22-10-14-6-8-15(9-7-14)11-25-16-4-2-1-3-5-16/h1-9H,10-13H2,(H,22,23). The van der Waals surface area contributed by atoms with E-state index >= 15 is 0 Å². The molecule has 1 amide bonds. The lowest BCUT2D eigenvalue weighted by atomic mass is 10.1. The Kier molecular flexibility index (Phi) is 6.82. The molecule has 0 atom stereocenters. The van der Waals surface area contributed by atoms with E-state index in [1.165, 1.54) is 0 Å². The summed E-state index contributed by atoms with van der Waals surface area (Å²) < 4.78 is 45.6. The molecule has 25 heavy (non-hydrogen) atoms. The summed E-state index contributed by atoms with van der Waals surface area (Å²) >= 11 is 0. The summed E-state index contributed by atoms with van der Waals surface area (Å²) in [6.07, 6.45) is -4.43. The number of nitrogens with one attached hydrogen (secondary N) is 1. The number of alkyl halides is 3. The van der Waals surface area contributed by atoms with E-state index < -0.39 is 25.3 Å². The van der Waals surface area contributed by atoms with Gasteiger partial charge in [-0.05, 0) is 23.3 Å². The van der Waals surface area contributed by atoms with Gasteiger partial charge in [0.25, 0.3) is 0 Å². The fraction of sp³-hybridized carbons (Fsp3) is 0.278. The highest BCUT2D eigenvalue weighted by molar-refractivity contribution is 5.77. The third kappa shape index (κ3) is 7.71. The van der Waals surface area contributed by atoms with Crippen molar-refractivity contribution in [3.8, 4) is 5.75 Å². The van der Waals surface area contributed by atoms with Crippen molar-refractivity contribution in [3.63, 3.8) is 0 Å². The molecule has 2 rings (SSSR count). The van der Waals surface area contributed by atoms with Gasteiger partial charge >= 0.3 is 6.18 Å². The highest BCUT2D eigenvalue weighted by atomic mass is 19.4. The molecule has 2 aromatic rings. The van der Waals surface area contributed by atoms with Crippen LogP contribution in [0.2, 0.25) is 0 Å². The van der Waals surface area contributed by atoms with E-state index in [1.807, 2.05) is 54.6 Å². The summed E-state index contributed by atoms with van der Waals surface area (Å²) in [5.74, 6) is 0.179. The van der Waals surface area contributed by atoms with Crippen molar-refractivity contribution in [2.24, 2.45) is 0 Å². The Bertz CT molecular complexity index is 658. The molecule has 0 heterocycles. The smallest absolute Gasteiger partial charge is 0.411 e. The van der Waals surface area contributed by atoms with E-state index in [0.29, 0.717) is 6.61 Å². The van der Waals surface area contributed by atoms with Crippen LogP contribution in [-0.2, 0) is 22.7 Å². The van der Waals surface area contributed by atoms with Gasteiger partial charge in [0, 0.05) is 6.54 Å². The molecule has 0 saturated heterocycles. The number of amides is 1. The molecule has 0 aliphatic rings. The molecule has 0 aromatic heterocycles. The number of carbonyl (C=O) groups excluding carboxylic acids is 1. The van der Waals surface area contributed by atoms with Gasteiger partial charge in [0.1, 0.15) is 25.6 Å². The molecule has 0 aliphatic carbocycles. The van der Waals surface area contributed by atoms with Crippen molar-refractivity contribution in [1.82, 2.24) is 5.32 Å². The number of halogens is 3. The van der Waals surface area contributed by atoms with Gasteiger partial charge in [-0.3, -0.25) is 4.79 Å². The van der Waals surface area contributed by atoms with Crippen LogP contribution in [0.1, 0.15) is 11.1 Å². The lowest BCUT2D eigenvalue weighted by Crippen LogP contribution is -2.29. The van der Waals surface area contributed by atoms with Crippen molar-refractivity contribution < 1.29 is 27.4 Å². The normalized spacial score (nSPS) is 11.2. The predicted molar refractivity (Wildman–Crippen MR) is 85.9 cm³/mol. The van der Waals surface area contributed by atoms with Crippen LogP contribution in [0.25, 0.3) is 0 Å². The molecule has 134 valence electrons. The van der Waals surface area contributed by atoms with Crippen LogP contribution in [0.5, 0.6) is 5.75 Å². The minimum atomic E-state index is -4.43. The van der Waals surface area contributed by atoms with Crippen molar-refractivity contribution in [2.75, 3.05) is 13.2 Å². The van der Waals surface area contributed by atoms with Crippen LogP contribution in [0, 0.1) is 0 Å². The summed E-state index contributed by atoms with van der Waals surface area (Å²) in [5.41, 5.74) is 1.79. The van der Waals surface area contributed by atoms with Crippen molar-refractivity contribution in [3.05, 3.63) is 65.7 Å². The third-order valence-electron chi connectivity index (χ3n) is 3.16. The second kappa shape index (κ2) is 9.08. The van der Waals surface area contributed by atoms with Crippen LogP contribution in [0.4, 0.5) is 13.2 Å². The number of rotatable bonds is 8. The number of benzene rings is 2. The van der Waals surface area contributed by atoms with E-state index in [2.05, 4.69) is 10.1 Å². The Morgan fingerprint density at radius 2 is 1.60 bits per heavy atom. The highest BCUT2D eigenvalue weighted by Gasteiger charge is 2.27. The van der Waals surface area contributed by atoms with Crippen molar-refractivity contribution in [1.29, 1.82) is 0 Å². The molecule has 0 aliphatic heterocycles. The minimum absolute atomic E-state index is 0.216. The Balaban J connectivity index is 1.70. The van der Waals surface area contributed by atoms with E-state index in [-0.39, 0.29) is 6.54 Å². The first-order valence-electron chi connectivity index (χ1n) is 7.59. The summed E-state index contributed by atoms with van der Waals surface area (Å²) in [7, 11) is 0.